The van der Waals surface area contributed by atoms with Crippen LogP contribution in [-0.2, 0) is 11.2 Å². The smallest absolute Gasteiger partial charge is 0.253 e. The Morgan fingerprint density at radius 1 is 1.53 bits per heavy atom. The summed E-state index contributed by atoms with van der Waals surface area (Å²) in [6.07, 6.45) is 0.474. The lowest BCUT2D eigenvalue weighted by atomic mass is 10.1. The van der Waals surface area contributed by atoms with E-state index in [0.717, 1.165) is 15.0 Å². The van der Waals surface area contributed by atoms with Crippen molar-refractivity contribution in [1.82, 2.24) is 5.01 Å². The average molecular weight is 272 g/mol. The number of carbonyl (C=O) groups excluding carboxylic acids is 1. The molecule has 0 radical (unpaired) electrons. The van der Waals surface area contributed by atoms with Gasteiger partial charge in [0.25, 0.3) is 5.91 Å². The van der Waals surface area contributed by atoms with Crippen LogP contribution in [0, 0.1) is 0 Å². The van der Waals surface area contributed by atoms with Crippen molar-refractivity contribution >= 4 is 21.8 Å². The van der Waals surface area contributed by atoms with Gasteiger partial charge < -0.3 is 5.73 Å². The first kappa shape index (κ1) is 12.2. The highest BCUT2D eigenvalue weighted by atomic mass is 79.9. The number of amides is 1. The molecule has 0 aliphatic heterocycles. The van der Waals surface area contributed by atoms with Crippen LogP contribution >= 0.6 is 15.9 Å². The normalized spacial score (nSPS) is 12.3. The summed E-state index contributed by atoms with van der Waals surface area (Å²) in [7, 11) is 1.49. The summed E-state index contributed by atoms with van der Waals surface area (Å²) < 4.78 is 0.952. The molecule has 0 heterocycles. The van der Waals surface area contributed by atoms with Gasteiger partial charge in [-0.3, -0.25) is 9.80 Å². The number of nitrogens with two attached hydrogens (primary N) is 2. The highest BCUT2D eigenvalue weighted by Crippen LogP contribution is 2.17. The lowest BCUT2D eigenvalue weighted by Crippen LogP contribution is -2.46. The SMILES string of the molecule is CN(N)C(=O)C(N)Cc1ccccc1Br. The van der Waals surface area contributed by atoms with Crippen LogP contribution in [0.15, 0.2) is 28.7 Å². The Bertz CT molecular complexity index is 354. The Morgan fingerprint density at radius 3 is 2.67 bits per heavy atom. The van der Waals surface area contributed by atoms with E-state index in [1.165, 1.54) is 7.05 Å². The zero-order chi connectivity index (χ0) is 11.4. The van der Waals surface area contributed by atoms with E-state index in [1.807, 2.05) is 24.3 Å². The number of halogens is 1. The fraction of sp³-hybridized carbons (Fsp3) is 0.300. The van der Waals surface area contributed by atoms with E-state index in [0.29, 0.717) is 6.42 Å². The van der Waals surface area contributed by atoms with E-state index in [4.69, 9.17) is 11.6 Å². The molecule has 0 bridgehead atoms. The Hall–Kier alpha value is -0.910. The monoisotopic (exact) mass is 271 g/mol. The molecule has 1 rings (SSSR count). The Balaban J connectivity index is 2.71. The van der Waals surface area contributed by atoms with E-state index in [9.17, 15) is 4.79 Å². The highest BCUT2D eigenvalue weighted by molar-refractivity contribution is 9.10. The summed E-state index contributed by atoms with van der Waals surface area (Å²) in [4.78, 5) is 11.4. The molecule has 1 amide bonds. The molecule has 0 saturated heterocycles. The predicted molar refractivity (Wildman–Crippen MR) is 62.8 cm³/mol. The zero-order valence-corrected chi connectivity index (χ0v) is 10.1. The van der Waals surface area contributed by atoms with Crippen molar-refractivity contribution < 1.29 is 4.79 Å². The summed E-state index contributed by atoms with van der Waals surface area (Å²) in [5, 5.41) is 1.02. The second kappa shape index (κ2) is 5.25. The second-order valence-corrected chi connectivity index (χ2v) is 4.21. The van der Waals surface area contributed by atoms with E-state index in [-0.39, 0.29) is 5.91 Å². The molecule has 0 spiro atoms. The van der Waals surface area contributed by atoms with Gasteiger partial charge in [0.15, 0.2) is 0 Å². The number of likely N-dealkylation sites (N-methyl/N-ethyl adjacent to an activating group) is 1. The summed E-state index contributed by atoms with van der Waals surface area (Å²) in [5.74, 6) is 5.05. The van der Waals surface area contributed by atoms with Crippen molar-refractivity contribution in [2.75, 3.05) is 7.05 Å². The molecule has 0 aliphatic rings. The van der Waals surface area contributed by atoms with E-state index in [1.54, 1.807) is 0 Å². The summed E-state index contributed by atoms with van der Waals surface area (Å²) in [5.41, 5.74) is 6.73. The van der Waals surface area contributed by atoms with Crippen molar-refractivity contribution in [3.8, 4) is 0 Å². The van der Waals surface area contributed by atoms with Crippen LogP contribution < -0.4 is 11.6 Å². The number of rotatable bonds is 3. The van der Waals surface area contributed by atoms with Crippen molar-refractivity contribution in [3.63, 3.8) is 0 Å². The van der Waals surface area contributed by atoms with Gasteiger partial charge in [-0.15, -0.1) is 0 Å². The molecule has 4 nitrogen and oxygen atoms in total. The van der Waals surface area contributed by atoms with Gasteiger partial charge in [0, 0.05) is 11.5 Å². The van der Waals surface area contributed by atoms with Crippen LogP contribution in [0.3, 0.4) is 0 Å². The topological polar surface area (TPSA) is 72.3 Å². The first-order valence-corrected chi connectivity index (χ1v) is 5.33. The van der Waals surface area contributed by atoms with Crippen molar-refractivity contribution in [1.29, 1.82) is 0 Å². The molecule has 15 heavy (non-hydrogen) atoms. The summed E-state index contributed by atoms with van der Waals surface area (Å²) in [6.45, 7) is 0. The molecule has 0 aromatic heterocycles. The van der Waals surface area contributed by atoms with Crippen LogP contribution in [0.25, 0.3) is 0 Å². The number of hydrogen-bond donors (Lipinski definition) is 2. The Morgan fingerprint density at radius 2 is 2.13 bits per heavy atom. The minimum Gasteiger partial charge on any atom is -0.320 e. The van der Waals surface area contributed by atoms with Gasteiger partial charge in [-0.1, -0.05) is 34.1 Å². The molecule has 0 fully saturated rings. The summed E-state index contributed by atoms with van der Waals surface area (Å²) >= 11 is 3.40. The quantitative estimate of drug-likeness (QED) is 0.482. The van der Waals surface area contributed by atoms with Gasteiger partial charge in [-0.2, -0.15) is 0 Å². The van der Waals surface area contributed by atoms with E-state index in [2.05, 4.69) is 15.9 Å². The number of nitrogens with zero attached hydrogens (tertiary/aromatic N) is 1. The van der Waals surface area contributed by atoms with Crippen molar-refractivity contribution in [3.05, 3.63) is 34.3 Å². The fourth-order valence-electron chi connectivity index (χ4n) is 1.25. The standard InChI is InChI=1S/C10H14BrN3O/c1-14(13)10(15)9(12)6-7-4-2-3-5-8(7)11/h2-5,9H,6,12-13H2,1H3. The Labute approximate surface area is 97.3 Å². The molecule has 82 valence electrons. The minimum atomic E-state index is -0.598. The number of hydrazine groups is 1. The maximum Gasteiger partial charge on any atom is 0.253 e. The van der Waals surface area contributed by atoms with Crippen LogP contribution in [0.5, 0.6) is 0 Å². The molecule has 1 unspecified atom stereocenters. The lowest BCUT2D eigenvalue weighted by Gasteiger charge is -2.16. The molecule has 5 heteroatoms. The van der Waals surface area contributed by atoms with E-state index >= 15 is 0 Å². The molecule has 4 N–H and O–H groups in total. The van der Waals surface area contributed by atoms with Crippen LogP contribution in [0.2, 0.25) is 0 Å². The first-order chi connectivity index (χ1) is 7.02. The second-order valence-electron chi connectivity index (χ2n) is 3.35. The lowest BCUT2D eigenvalue weighted by molar-refractivity contribution is -0.131. The van der Waals surface area contributed by atoms with E-state index < -0.39 is 6.04 Å². The molecule has 1 aromatic carbocycles. The number of carbonyl (C=O) groups is 1. The average Bonchev–Trinajstić information content (AvgIpc) is 2.20. The maximum absolute atomic E-state index is 11.4. The fourth-order valence-corrected chi connectivity index (χ4v) is 1.70. The molecule has 0 saturated carbocycles. The number of hydrogen-bond acceptors (Lipinski definition) is 3. The molecular formula is C10H14BrN3O. The van der Waals surface area contributed by atoms with Gasteiger partial charge in [0.05, 0.1) is 6.04 Å². The summed E-state index contributed by atoms with van der Waals surface area (Å²) in [6, 6.07) is 7.06. The minimum absolute atomic E-state index is 0.272. The maximum atomic E-state index is 11.4. The van der Waals surface area contributed by atoms with Crippen LogP contribution in [0.4, 0.5) is 0 Å². The van der Waals surface area contributed by atoms with Gasteiger partial charge in [0.1, 0.15) is 0 Å². The third-order valence-corrected chi connectivity index (χ3v) is 2.84. The molecule has 0 aliphatic carbocycles. The van der Waals surface area contributed by atoms with Crippen molar-refractivity contribution in [2.24, 2.45) is 11.6 Å². The van der Waals surface area contributed by atoms with Crippen LogP contribution in [0.1, 0.15) is 5.56 Å². The van der Waals surface area contributed by atoms with Gasteiger partial charge >= 0.3 is 0 Å². The molecular weight excluding hydrogens is 258 g/mol. The number of benzene rings is 1. The molecule has 1 aromatic rings. The largest absolute Gasteiger partial charge is 0.320 e. The van der Waals surface area contributed by atoms with Crippen LogP contribution in [-0.4, -0.2) is 24.0 Å². The third-order valence-electron chi connectivity index (χ3n) is 2.06. The van der Waals surface area contributed by atoms with Gasteiger partial charge in [-0.05, 0) is 18.1 Å². The Kier molecular flexibility index (Phi) is 4.26. The van der Waals surface area contributed by atoms with Gasteiger partial charge in [0.2, 0.25) is 0 Å². The third kappa shape index (κ3) is 3.30. The first-order valence-electron chi connectivity index (χ1n) is 4.53. The van der Waals surface area contributed by atoms with Crippen molar-refractivity contribution in [2.45, 2.75) is 12.5 Å². The predicted octanol–water partition coefficient (Wildman–Crippen LogP) is 0.651. The highest BCUT2D eigenvalue weighted by Gasteiger charge is 2.17. The van der Waals surface area contributed by atoms with Gasteiger partial charge in [-0.25, -0.2) is 5.84 Å². The zero-order valence-electron chi connectivity index (χ0n) is 8.48. The molecule has 1 atom stereocenters.